The summed E-state index contributed by atoms with van der Waals surface area (Å²) in [6.45, 7) is 0. The molecule has 2 N–H and O–H groups in total. The van der Waals surface area contributed by atoms with Crippen LogP contribution in [0.2, 0.25) is 0 Å². The number of alkyl halides is 3. The summed E-state index contributed by atoms with van der Waals surface area (Å²) in [7, 11) is 0. The number of rotatable bonds is 0. The van der Waals surface area contributed by atoms with E-state index in [2.05, 4.69) is 5.10 Å². The third-order valence-corrected chi connectivity index (χ3v) is 0.899. The minimum absolute atomic E-state index is 0.614. The van der Waals surface area contributed by atoms with Crippen LogP contribution in [0.5, 0.6) is 0 Å². The lowest BCUT2D eigenvalue weighted by Crippen LogP contribution is -2.12. The first-order chi connectivity index (χ1) is 4.50. The maximum atomic E-state index is 11.7. The average molecular weight is 151 g/mol. The van der Waals surface area contributed by atoms with E-state index >= 15 is 0 Å². The molecule has 0 saturated carbocycles. The Kier molecular flexibility index (Phi) is 1.31. The summed E-state index contributed by atoms with van der Waals surface area (Å²) >= 11 is 0. The third kappa shape index (κ3) is 1.20. The molecule has 0 saturated heterocycles. The first-order valence-corrected chi connectivity index (χ1v) is 2.38. The topological polar surface area (TPSA) is 43.8 Å². The largest absolute Gasteiger partial charge is 0.435 e. The van der Waals surface area contributed by atoms with Crippen molar-refractivity contribution in [3.05, 3.63) is 18.0 Å². The molecule has 56 valence electrons. The third-order valence-electron chi connectivity index (χ3n) is 0.899. The molecular weight excluding hydrogens is 147 g/mol. The van der Waals surface area contributed by atoms with E-state index in [0.717, 1.165) is 12.3 Å². The zero-order valence-corrected chi connectivity index (χ0v) is 4.76. The number of aromatic nitrogens is 2. The molecule has 0 radical (unpaired) electrons. The summed E-state index contributed by atoms with van der Waals surface area (Å²) in [5.41, 5.74) is -0.977. The fourth-order valence-electron chi connectivity index (χ4n) is 0.489. The fourth-order valence-corrected chi connectivity index (χ4v) is 0.489. The van der Waals surface area contributed by atoms with Crippen LogP contribution < -0.4 is 5.84 Å². The van der Waals surface area contributed by atoms with E-state index in [1.807, 2.05) is 0 Å². The van der Waals surface area contributed by atoms with Gasteiger partial charge in [-0.25, -0.2) is 0 Å². The van der Waals surface area contributed by atoms with Gasteiger partial charge in [-0.3, -0.25) is 0 Å². The molecule has 0 aliphatic rings. The standard InChI is InChI=1S/C4H4F3N3/c5-4(6,7)3-1-2-10(8)9-3/h1-2H,8H2. The number of nitrogens with two attached hydrogens (primary N) is 1. The summed E-state index contributed by atoms with van der Waals surface area (Å²) in [4.78, 5) is 0.614. The summed E-state index contributed by atoms with van der Waals surface area (Å²) in [5, 5.41) is 2.95. The number of nitrogen functional groups attached to an aromatic ring is 1. The maximum absolute atomic E-state index is 11.7. The molecule has 0 aliphatic heterocycles. The molecule has 6 heteroatoms. The highest BCUT2D eigenvalue weighted by Gasteiger charge is 2.33. The van der Waals surface area contributed by atoms with Crippen molar-refractivity contribution in [1.29, 1.82) is 0 Å². The van der Waals surface area contributed by atoms with Crippen LogP contribution in [0, 0.1) is 0 Å². The van der Waals surface area contributed by atoms with Crippen molar-refractivity contribution >= 4 is 0 Å². The Morgan fingerprint density at radius 3 is 2.30 bits per heavy atom. The lowest BCUT2D eigenvalue weighted by Gasteiger charge is -1.98. The van der Waals surface area contributed by atoms with Crippen LogP contribution in [0.3, 0.4) is 0 Å². The number of nitrogens with zero attached hydrogens (tertiary/aromatic N) is 2. The lowest BCUT2D eigenvalue weighted by atomic mass is 10.4. The van der Waals surface area contributed by atoms with Crippen molar-refractivity contribution in [2.24, 2.45) is 0 Å². The highest BCUT2D eigenvalue weighted by molar-refractivity contribution is 5.02. The minimum Gasteiger partial charge on any atom is -0.323 e. The summed E-state index contributed by atoms with van der Waals surface area (Å²) < 4.78 is 35.0. The van der Waals surface area contributed by atoms with Crippen LogP contribution in [0.4, 0.5) is 13.2 Å². The number of hydrogen-bond donors (Lipinski definition) is 1. The van der Waals surface area contributed by atoms with E-state index < -0.39 is 11.9 Å². The van der Waals surface area contributed by atoms with Crippen molar-refractivity contribution in [3.63, 3.8) is 0 Å². The van der Waals surface area contributed by atoms with Gasteiger partial charge in [-0.05, 0) is 6.07 Å². The lowest BCUT2D eigenvalue weighted by molar-refractivity contribution is -0.141. The maximum Gasteiger partial charge on any atom is 0.435 e. The second kappa shape index (κ2) is 1.89. The van der Waals surface area contributed by atoms with Crippen LogP contribution in [-0.4, -0.2) is 9.89 Å². The summed E-state index contributed by atoms with van der Waals surface area (Å²) in [6, 6.07) is 0.806. The molecule has 10 heavy (non-hydrogen) atoms. The van der Waals surface area contributed by atoms with Crippen molar-refractivity contribution < 1.29 is 13.2 Å². The smallest absolute Gasteiger partial charge is 0.323 e. The Labute approximate surface area is 54.2 Å². The first kappa shape index (κ1) is 6.91. The Morgan fingerprint density at radius 2 is 2.10 bits per heavy atom. The van der Waals surface area contributed by atoms with E-state index in [1.54, 1.807) is 0 Å². The summed E-state index contributed by atoms with van der Waals surface area (Å²) in [5.74, 6) is 4.88. The van der Waals surface area contributed by atoms with Gasteiger partial charge in [0.2, 0.25) is 0 Å². The molecule has 0 aliphatic carbocycles. The fraction of sp³-hybridized carbons (Fsp3) is 0.250. The molecule has 0 aromatic carbocycles. The van der Waals surface area contributed by atoms with Crippen LogP contribution >= 0.6 is 0 Å². The zero-order chi connectivity index (χ0) is 7.78. The van der Waals surface area contributed by atoms with Crippen LogP contribution in [-0.2, 0) is 6.18 Å². The van der Waals surface area contributed by atoms with Crippen LogP contribution in [0.25, 0.3) is 0 Å². The van der Waals surface area contributed by atoms with E-state index in [0.29, 0.717) is 4.79 Å². The molecule has 0 bridgehead atoms. The van der Waals surface area contributed by atoms with Gasteiger partial charge in [-0.15, -0.1) is 5.10 Å². The molecule has 1 aromatic heterocycles. The Morgan fingerprint density at radius 1 is 1.50 bits per heavy atom. The molecule has 3 nitrogen and oxygen atoms in total. The highest BCUT2D eigenvalue weighted by Crippen LogP contribution is 2.26. The van der Waals surface area contributed by atoms with Crippen molar-refractivity contribution in [3.8, 4) is 0 Å². The second-order valence-electron chi connectivity index (χ2n) is 1.68. The highest BCUT2D eigenvalue weighted by atomic mass is 19.4. The predicted molar refractivity (Wildman–Crippen MR) is 27.4 cm³/mol. The Hall–Kier alpha value is -1.20. The summed E-state index contributed by atoms with van der Waals surface area (Å²) in [6.07, 6.45) is -3.37. The van der Waals surface area contributed by atoms with Gasteiger partial charge in [-0.1, -0.05) is 0 Å². The number of halogens is 3. The van der Waals surface area contributed by atoms with Gasteiger partial charge in [0.05, 0.1) is 0 Å². The van der Waals surface area contributed by atoms with Gasteiger partial charge in [-0.2, -0.15) is 18.0 Å². The van der Waals surface area contributed by atoms with E-state index in [-0.39, 0.29) is 0 Å². The molecule has 0 unspecified atom stereocenters. The van der Waals surface area contributed by atoms with Gasteiger partial charge in [0.1, 0.15) is 0 Å². The van der Waals surface area contributed by atoms with E-state index in [9.17, 15) is 13.2 Å². The van der Waals surface area contributed by atoms with Gasteiger partial charge in [0, 0.05) is 6.20 Å². The van der Waals surface area contributed by atoms with Gasteiger partial charge >= 0.3 is 6.18 Å². The van der Waals surface area contributed by atoms with Crippen LogP contribution in [0.15, 0.2) is 12.3 Å². The van der Waals surface area contributed by atoms with Crippen molar-refractivity contribution in [2.45, 2.75) is 6.18 Å². The van der Waals surface area contributed by atoms with Crippen LogP contribution in [0.1, 0.15) is 5.69 Å². The second-order valence-corrected chi connectivity index (χ2v) is 1.68. The molecule has 0 atom stereocenters. The quantitative estimate of drug-likeness (QED) is 0.552. The molecule has 0 amide bonds. The molecule has 1 rings (SSSR count). The van der Waals surface area contributed by atoms with E-state index in [4.69, 9.17) is 5.84 Å². The number of hydrogen-bond acceptors (Lipinski definition) is 2. The molecular formula is C4H4F3N3. The Balaban J connectivity index is 2.96. The zero-order valence-electron chi connectivity index (χ0n) is 4.76. The average Bonchev–Trinajstić information content (AvgIpc) is 2.11. The Bertz CT molecular complexity index is 226. The SMILES string of the molecule is Nn1ccc(C(F)(F)F)n1. The van der Waals surface area contributed by atoms with Gasteiger partial charge in [0.15, 0.2) is 5.69 Å². The molecule has 1 heterocycles. The predicted octanol–water partition coefficient (Wildman–Crippen LogP) is 0.616. The van der Waals surface area contributed by atoms with Gasteiger partial charge in [0.25, 0.3) is 0 Å². The molecule has 0 fully saturated rings. The van der Waals surface area contributed by atoms with Crippen molar-refractivity contribution in [2.75, 3.05) is 5.84 Å². The normalized spacial score (nSPS) is 11.9. The first-order valence-electron chi connectivity index (χ1n) is 2.38. The molecule has 0 spiro atoms. The van der Waals surface area contributed by atoms with Crippen molar-refractivity contribution in [1.82, 2.24) is 9.89 Å². The monoisotopic (exact) mass is 151 g/mol. The molecule has 1 aromatic rings. The van der Waals surface area contributed by atoms with E-state index in [1.165, 1.54) is 0 Å². The van der Waals surface area contributed by atoms with Gasteiger partial charge < -0.3 is 5.84 Å². The minimum atomic E-state index is -4.40.